The van der Waals surface area contributed by atoms with Crippen molar-refractivity contribution in [3.8, 4) is 5.69 Å². The van der Waals surface area contributed by atoms with E-state index in [4.69, 9.17) is 0 Å². The van der Waals surface area contributed by atoms with Gasteiger partial charge in [0.2, 0.25) is 0 Å². The van der Waals surface area contributed by atoms with Gasteiger partial charge < -0.3 is 9.13 Å². The van der Waals surface area contributed by atoms with Gasteiger partial charge in [-0.1, -0.05) is 231 Å². The minimum absolute atomic E-state index is 0.105. The third kappa shape index (κ3) is 5.47. The van der Waals surface area contributed by atoms with E-state index in [0.29, 0.717) is 0 Å². The molecule has 2 nitrogen and oxygen atoms in total. The maximum Gasteiger partial charge on any atom is 0.171 e. The van der Waals surface area contributed by atoms with Crippen molar-refractivity contribution in [2.24, 2.45) is 0 Å². The van der Waals surface area contributed by atoms with Gasteiger partial charge in [-0.05, 0) is 49.5 Å². The first kappa shape index (κ1) is 39.3. The first-order valence-corrected chi connectivity index (χ1v) is 24.8. The summed E-state index contributed by atoms with van der Waals surface area (Å²) in [6.45, 7) is 22.3. The summed E-state index contributed by atoms with van der Waals surface area (Å²) in [5, 5.41) is 6.83. The summed E-state index contributed by atoms with van der Waals surface area (Å²) in [6.07, 6.45) is 0. The topological polar surface area (TPSA) is 22.0 Å². The van der Waals surface area contributed by atoms with E-state index in [1.807, 2.05) is 60.7 Å². The average Bonchev–Trinajstić information content (AvgIpc) is 3.56. The molecule has 1 atom stereocenters. The number of fused-ring (bicyclic) bond motifs is 5. The molecule has 9 rings (SSSR count). The second kappa shape index (κ2) is 13.7. The third-order valence-corrected chi connectivity index (χ3v) is 24.7. The molecule has 1 aromatic heterocycles. The highest BCUT2D eigenvalue weighted by atomic mass is 31.2. The van der Waals surface area contributed by atoms with E-state index in [2.05, 4.69) is 182 Å². The zero-order chi connectivity index (χ0) is 41.6. The van der Waals surface area contributed by atoms with Crippen LogP contribution in [0.4, 0.5) is 0 Å². The Morgan fingerprint density at radius 1 is 0.441 bits per heavy atom. The SMILES string of the molecule is CC(C)(C)[Si](c1ccc(C2(c3ccc(P(=O)(c4ccccc4)c4ccccc4)cc3)c3ccccc3-n3c4ccccc4c4cccc2c43)cc1)(C(C)(C)C)C(C)(C)C. The lowest BCUT2D eigenvalue weighted by Crippen LogP contribution is -2.66. The Morgan fingerprint density at radius 3 is 1.44 bits per heavy atom. The van der Waals surface area contributed by atoms with E-state index in [9.17, 15) is 0 Å². The Bertz CT molecular complexity index is 2810. The lowest BCUT2D eigenvalue weighted by molar-refractivity contribution is 0.547. The molecule has 4 heteroatoms. The van der Waals surface area contributed by atoms with Gasteiger partial charge in [0, 0.05) is 26.7 Å². The van der Waals surface area contributed by atoms with Gasteiger partial charge in [0.15, 0.2) is 7.14 Å². The van der Waals surface area contributed by atoms with Crippen molar-refractivity contribution in [1.82, 2.24) is 4.57 Å². The van der Waals surface area contributed by atoms with Crippen LogP contribution in [0.15, 0.2) is 176 Å². The maximum absolute atomic E-state index is 15.6. The molecule has 296 valence electrons. The Labute approximate surface area is 352 Å². The van der Waals surface area contributed by atoms with E-state index in [1.54, 1.807) is 0 Å². The highest BCUT2D eigenvalue weighted by Crippen LogP contribution is 2.62. The first-order valence-electron chi connectivity index (χ1n) is 21.1. The molecule has 0 saturated heterocycles. The molecular formula is C55H56NOPSi. The molecule has 2 heterocycles. The van der Waals surface area contributed by atoms with E-state index in [0.717, 1.165) is 21.5 Å². The predicted molar refractivity (Wildman–Crippen MR) is 257 cm³/mol. The van der Waals surface area contributed by atoms with E-state index in [1.165, 1.54) is 49.4 Å². The third-order valence-electron chi connectivity index (χ3n) is 13.7. The highest BCUT2D eigenvalue weighted by Gasteiger charge is 2.60. The Morgan fingerprint density at radius 2 is 0.881 bits per heavy atom. The monoisotopic (exact) mass is 805 g/mol. The second-order valence-electron chi connectivity index (χ2n) is 19.7. The molecule has 7 aromatic carbocycles. The fourth-order valence-electron chi connectivity index (χ4n) is 12.8. The van der Waals surface area contributed by atoms with Crippen LogP contribution in [0, 0.1) is 0 Å². The van der Waals surface area contributed by atoms with E-state index < -0.39 is 20.6 Å². The molecule has 0 fully saturated rings. The van der Waals surface area contributed by atoms with Crippen molar-refractivity contribution in [2.75, 3.05) is 0 Å². The van der Waals surface area contributed by atoms with Crippen molar-refractivity contribution in [3.05, 3.63) is 198 Å². The molecule has 1 unspecified atom stereocenters. The van der Waals surface area contributed by atoms with Gasteiger partial charge in [-0.2, -0.15) is 0 Å². The number of hydrogen-bond donors (Lipinski definition) is 0. The minimum atomic E-state index is -3.19. The van der Waals surface area contributed by atoms with E-state index >= 15 is 4.57 Å². The minimum Gasteiger partial charge on any atom is -0.309 e. The van der Waals surface area contributed by atoms with Crippen LogP contribution in [0.3, 0.4) is 0 Å². The zero-order valence-corrected chi connectivity index (χ0v) is 37.9. The Kier molecular flexibility index (Phi) is 9.09. The van der Waals surface area contributed by atoms with Gasteiger partial charge in [-0.3, -0.25) is 0 Å². The molecule has 59 heavy (non-hydrogen) atoms. The molecule has 0 saturated carbocycles. The van der Waals surface area contributed by atoms with Crippen molar-refractivity contribution >= 4 is 58.1 Å². The summed E-state index contributed by atoms with van der Waals surface area (Å²) < 4.78 is 18.1. The summed E-state index contributed by atoms with van der Waals surface area (Å²) in [7, 11) is -5.47. The van der Waals surface area contributed by atoms with Crippen LogP contribution in [0.25, 0.3) is 27.5 Å². The number of nitrogens with zero attached hydrogens (tertiary/aromatic N) is 1. The lowest BCUT2D eigenvalue weighted by Gasteiger charge is -2.60. The van der Waals surface area contributed by atoms with Gasteiger partial charge in [0.05, 0.1) is 22.1 Å². The second-order valence-corrected chi connectivity index (χ2v) is 29.1. The fraction of sp³-hybridized carbons (Fsp3) is 0.236. The number of benzene rings is 7. The van der Waals surface area contributed by atoms with Crippen LogP contribution >= 0.6 is 7.14 Å². The molecule has 1 aliphatic rings. The zero-order valence-electron chi connectivity index (χ0n) is 36.0. The highest BCUT2D eigenvalue weighted by molar-refractivity contribution is 7.85. The van der Waals surface area contributed by atoms with Gasteiger partial charge in [-0.25, -0.2) is 0 Å². The van der Waals surface area contributed by atoms with Crippen molar-refractivity contribution in [1.29, 1.82) is 0 Å². The first-order chi connectivity index (χ1) is 28.1. The molecule has 0 aliphatic carbocycles. The Balaban J connectivity index is 1.37. The van der Waals surface area contributed by atoms with Gasteiger partial charge >= 0.3 is 0 Å². The molecule has 0 N–H and O–H groups in total. The molecule has 0 radical (unpaired) electrons. The molecular weight excluding hydrogens is 750 g/mol. The van der Waals surface area contributed by atoms with Crippen LogP contribution in [0.5, 0.6) is 0 Å². The molecule has 0 amide bonds. The maximum atomic E-state index is 15.6. The van der Waals surface area contributed by atoms with Crippen LogP contribution in [0.2, 0.25) is 15.1 Å². The number of rotatable bonds is 6. The summed E-state index contributed by atoms with van der Waals surface area (Å²) in [4.78, 5) is 0. The largest absolute Gasteiger partial charge is 0.309 e. The van der Waals surface area contributed by atoms with E-state index in [-0.39, 0.29) is 15.1 Å². The molecule has 0 bridgehead atoms. The fourth-order valence-corrected chi connectivity index (χ4v) is 25.4. The summed E-state index contributed by atoms with van der Waals surface area (Å²) in [5.74, 6) is 0. The van der Waals surface area contributed by atoms with Crippen molar-refractivity contribution < 1.29 is 4.57 Å². The number of hydrogen-bond acceptors (Lipinski definition) is 1. The van der Waals surface area contributed by atoms with Crippen LogP contribution in [0.1, 0.15) is 84.6 Å². The van der Waals surface area contributed by atoms with Gasteiger partial charge in [0.1, 0.15) is 8.07 Å². The summed E-state index contributed by atoms with van der Waals surface area (Å²) in [5.41, 5.74) is 7.85. The average molecular weight is 806 g/mol. The quantitative estimate of drug-likeness (QED) is 0.121. The van der Waals surface area contributed by atoms with Crippen LogP contribution < -0.4 is 21.1 Å². The van der Waals surface area contributed by atoms with Crippen molar-refractivity contribution in [3.63, 3.8) is 0 Å². The predicted octanol–water partition coefficient (Wildman–Crippen LogP) is 13.2. The number of para-hydroxylation sites is 3. The molecule has 8 aromatic rings. The normalized spacial score (nSPS) is 16.0. The van der Waals surface area contributed by atoms with Crippen LogP contribution in [-0.2, 0) is 9.98 Å². The standard InChI is InChI=1S/C55H56NOPSi/c1-52(2,3)59(53(4,5)6,54(7,8)9)44-37-33-40(34-38-44)55(39-31-35-43(36-32-39)58(57,41-21-12-10-13-22-41)42-23-14-11-15-24-42)47-27-17-19-30-50(47)56-49-29-18-16-25-45(49)46-26-20-28-48(55)51(46)56/h10-38H,1-9H3. The van der Waals surface area contributed by atoms with Gasteiger partial charge in [-0.15, -0.1) is 0 Å². The smallest absolute Gasteiger partial charge is 0.171 e. The lowest BCUT2D eigenvalue weighted by atomic mass is 9.63. The van der Waals surface area contributed by atoms with Gasteiger partial charge in [0.25, 0.3) is 0 Å². The molecule has 0 spiro atoms. The molecule has 1 aliphatic heterocycles. The van der Waals surface area contributed by atoms with Crippen LogP contribution in [-0.4, -0.2) is 12.6 Å². The number of aromatic nitrogens is 1. The summed E-state index contributed by atoms with van der Waals surface area (Å²) >= 11 is 0. The summed E-state index contributed by atoms with van der Waals surface area (Å²) in [6, 6.07) is 63.5. The Hall–Kier alpha value is -5.21. The van der Waals surface area contributed by atoms with Crippen molar-refractivity contribution in [2.45, 2.75) is 82.8 Å².